The van der Waals surface area contributed by atoms with Gasteiger partial charge in [0.15, 0.2) is 0 Å². The maximum Gasteiger partial charge on any atom is 0.315 e. The molecule has 18 heavy (non-hydrogen) atoms. The van der Waals surface area contributed by atoms with Crippen molar-refractivity contribution in [2.75, 3.05) is 6.54 Å². The van der Waals surface area contributed by atoms with Crippen LogP contribution in [0.4, 0.5) is 4.39 Å². The van der Waals surface area contributed by atoms with Crippen LogP contribution in [0.15, 0.2) is 18.2 Å². The molecule has 0 saturated heterocycles. The van der Waals surface area contributed by atoms with E-state index in [9.17, 15) is 14.0 Å². The summed E-state index contributed by atoms with van der Waals surface area (Å²) in [4.78, 5) is 24.1. The molecular formula is C13H14FNO3. The van der Waals surface area contributed by atoms with Gasteiger partial charge in [0.2, 0.25) is 5.91 Å². The molecule has 96 valence electrons. The smallest absolute Gasteiger partial charge is 0.315 e. The molecule has 0 fully saturated rings. The third-order valence-electron chi connectivity index (χ3n) is 3.23. The van der Waals surface area contributed by atoms with E-state index >= 15 is 0 Å². The molecule has 0 bridgehead atoms. The molecule has 1 aliphatic rings. The van der Waals surface area contributed by atoms with Crippen LogP contribution in [-0.4, -0.2) is 28.4 Å². The summed E-state index contributed by atoms with van der Waals surface area (Å²) in [5.74, 6) is -2.95. The van der Waals surface area contributed by atoms with E-state index in [0.717, 1.165) is 11.1 Å². The molecule has 5 heteroatoms. The van der Waals surface area contributed by atoms with E-state index in [1.807, 2.05) is 0 Å². The molecule has 1 N–H and O–H groups in total. The second-order valence-corrected chi connectivity index (χ2v) is 4.48. The maximum atomic E-state index is 13.1. The van der Waals surface area contributed by atoms with Crippen molar-refractivity contribution in [3.8, 4) is 0 Å². The lowest BCUT2D eigenvalue weighted by Gasteiger charge is -2.30. The lowest BCUT2D eigenvalue weighted by molar-refractivity contribution is -0.150. The van der Waals surface area contributed by atoms with Crippen molar-refractivity contribution >= 4 is 11.9 Å². The van der Waals surface area contributed by atoms with Crippen molar-refractivity contribution in [3.05, 3.63) is 35.1 Å². The number of carbonyl (C=O) groups is 2. The topological polar surface area (TPSA) is 57.6 Å². The number of hydrogen-bond acceptors (Lipinski definition) is 2. The molecule has 1 aromatic rings. The molecule has 0 aromatic heterocycles. The molecule has 1 atom stereocenters. The summed E-state index contributed by atoms with van der Waals surface area (Å²) in [6, 6.07) is 4.52. The fourth-order valence-electron chi connectivity index (χ4n) is 2.09. The Hall–Kier alpha value is -1.91. The zero-order chi connectivity index (χ0) is 13.3. The van der Waals surface area contributed by atoms with E-state index < -0.39 is 17.8 Å². The molecule has 0 aliphatic carbocycles. The summed E-state index contributed by atoms with van der Waals surface area (Å²) in [5.41, 5.74) is 1.77. The number of amides is 1. The zero-order valence-electron chi connectivity index (χ0n) is 10.0. The van der Waals surface area contributed by atoms with Gasteiger partial charge in [-0.2, -0.15) is 0 Å². The fraction of sp³-hybridized carbons (Fsp3) is 0.385. The Morgan fingerprint density at radius 2 is 2.11 bits per heavy atom. The van der Waals surface area contributed by atoms with Crippen molar-refractivity contribution in [1.82, 2.24) is 4.90 Å². The van der Waals surface area contributed by atoms with Gasteiger partial charge in [-0.15, -0.1) is 0 Å². The number of nitrogens with zero attached hydrogens (tertiary/aromatic N) is 1. The average Bonchev–Trinajstić information content (AvgIpc) is 2.35. The summed E-state index contributed by atoms with van der Waals surface area (Å²) >= 11 is 0. The van der Waals surface area contributed by atoms with E-state index in [4.69, 9.17) is 5.11 Å². The first-order valence-electron chi connectivity index (χ1n) is 5.78. The first kappa shape index (κ1) is 12.5. The van der Waals surface area contributed by atoms with Crippen LogP contribution in [0.2, 0.25) is 0 Å². The average molecular weight is 251 g/mol. The van der Waals surface area contributed by atoms with Gasteiger partial charge in [0, 0.05) is 13.1 Å². The predicted molar refractivity (Wildman–Crippen MR) is 62.3 cm³/mol. The quantitative estimate of drug-likeness (QED) is 0.809. The van der Waals surface area contributed by atoms with Gasteiger partial charge in [-0.3, -0.25) is 9.59 Å². The third-order valence-corrected chi connectivity index (χ3v) is 3.23. The number of carbonyl (C=O) groups excluding carboxylic acids is 1. The van der Waals surface area contributed by atoms with Crippen LogP contribution in [0.5, 0.6) is 0 Å². The number of carboxylic acids is 1. The van der Waals surface area contributed by atoms with Gasteiger partial charge in [-0.25, -0.2) is 4.39 Å². The standard InChI is InChI=1S/C13H14FNO3/c1-8(13(17)18)12(16)15-5-4-9-2-3-11(14)6-10(9)7-15/h2-3,6,8H,4-5,7H2,1H3,(H,17,18). The van der Waals surface area contributed by atoms with Crippen LogP contribution in [0.3, 0.4) is 0 Å². The number of fused-ring (bicyclic) bond motifs is 1. The van der Waals surface area contributed by atoms with Gasteiger partial charge in [0.1, 0.15) is 11.7 Å². The van der Waals surface area contributed by atoms with Gasteiger partial charge in [-0.05, 0) is 36.6 Å². The van der Waals surface area contributed by atoms with E-state index in [1.165, 1.54) is 24.0 Å². The van der Waals surface area contributed by atoms with Crippen molar-refractivity contribution in [3.63, 3.8) is 0 Å². The third kappa shape index (κ3) is 2.34. The highest BCUT2D eigenvalue weighted by atomic mass is 19.1. The highest BCUT2D eigenvalue weighted by Crippen LogP contribution is 2.21. The molecule has 1 heterocycles. The fourth-order valence-corrected chi connectivity index (χ4v) is 2.09. The van der Waals surface area contributed by atoms with Crippen molar-refractivity contribution in [1.29, 1.82) is 0 Å². The Bertz CT molecular complexity index is 501. The normalized spacial score (nSPS) is 16.0. The van der Waals surface area contributed by atoms with Crippen molar-refractivity contribution < 1.29 is 19.1 Å². The molecule has 2 rings (SSSR count). The molecule has 0 spiro atoms. The van der Waals surface area contributed by atoms with Crippen LogP contribution in [0.25, 0.3) is 0 Å². The summed E-state index contributed by atoms with van der Waals surface area (Å²) in [7, 11) is 0. The van der Waals surface area contributed by atoms with Gasteiger partial charge >= 0.3 is 5.97 Å². The van der Waals surface area contributed by atoms with Crippen LogP contribution >= 0.6 is 0 Å². The van der Waals surface area contributed by atoms with Crippen LogP contribution in [-0.2, 0) is 22.6 Å². The highest BCUT2D eigenvalue weighted by molar-refractivity contribution is 5.96. The minimum absolute atomic E-state index is 0.281. The number of halogens is 1. The molecule has 1 aromatic carbocycles. The summed E-state index contributed by atoms with van der Waals surface area (Å²) in [6.07, 6.45) is 0.633. The Morgan fingerprint density at radius 1 is 1.39 bits per heavy atom. The monoisotopic (exact) mass is 251 g/mol. The number of carboxylic acid groups (broad SMARTS) is 1. The summed E-state index contributed by atoms with van der Waals surface area (Å²) < 4.78 is 13.1. The largest absolute Gasteiger partial charge is 0.481 e. The second-order valence-electron chi connectivity index (χ2n) is 4.48. The maximum absolute atomic E-state index is 13.1. The lowest BCUT2D eigenvalue weighted by atomic mass is 9.98. The highest BCUT2D eigenvalue weighted by Gasteiger charge is 2.28. The van der Waals surface area contributed by atoms with Crippen LogP contribution < -0.4 is 0 Å². The minimum atomic E-state index is -1.13. The van der Waals surface area contributed by atoms with Gasteiger partial charge in [0.25, 0.3) is 0 Å². The minimum Gasteiger partial charge on any atom is -0.481 e. The Morgan fingerprint density at radius 3 is 2.78 bits per heavy atom. The molecule has 1 aliphatic heterocycles. The van der Waals surface area contributed by atoms with E-state index in [2.05, 4.69) is 0 Å². The predicted octanol–water partition coefficient (Wildman–Crippen LogP) is 1.43. The Labute approximate surface area is 104 Å². The first-order valence-corrected chi connectivity index (χ1v) is 5.78. The van der Waals surface area contributed by atoms with Gasteiger partial charge in [-0.1, -0.05) is 6.07 Å². The Balaban J connectivity index is 2.16. The van der Waals surface area contributed by atoms with Gasteiger partial charge in [0.05, 0.1) is 0 Å². The van der Waals surface area contributed by atoms with Crippen molar-refractivity contribution in [2.45, 2.75) is 19.9 Å². The molecule has 4 nitrogen and oxygen atoms in total. The SMILES string of the molecule is CC(C(=O)O)C(=O)N1CCc2ccc(F)cc2C1. The number of benzene rings is 1. The van der Waals surface area contributed by atoms with Crippen molar-refractivity contribution in [2.24, 2.45) is 5.92 Å². The molecular weight excluding hydrogens is 237 g/mol. The lowest BCUT2D eigenvalue weighted by Crippen LogP contribution is -2.41. The number of aliphatic carboxylic acids is 1. The molecule has 1 unspecified atom stereocenters. The molecule has 0 saturated carbocycles. The van der Waals surface area contributed by atoms with E-state index in [1.54, 1.807) is 6.07 Å². The molecule has 1 amide bonds. The van der Waals surface area contributed by atoms with Gasteiger partial charge < -0.3 is 10.0 Å². The number of hydrogen-bond donors (Lipinski definition) is 1. The van der Waals surface area contributed by atoms with E-state index in [-0.39, 0.29) is 12.4 Å². The zero-order valence-corrected chi connectivity index (χ0v) is 10.0. The van der Waals surface area contributed by atoms with E-state index in [0.29, 0.717) is 13.0 Å². The Kier molecular flexibility index (Phi) is 3.32. The number of rotatable bonds is 2. The van der Waals surface area contributed by atoms with Crippen LogP contribution in [0, 0.1) is 11.7 Å². The van der Waals surface area contributed by atoms with Crippen LogP contribution in [0.1, 0.15) is 18.1 Å². The summed E-state index contributed by atoms with van der Waals surface area (Å²) in [5, 5.41) is 8.81. The summed E-state index contributed by atoms with van der Waals surface area (Å²) in [6.45, 7) is 2.13. The molecule has 0 radical (unpaired) electrons. The first-order chi connectivity index (χ1) is 8.49. The second kappa shape index (κ2) is 4.76.